The summed E-state index contributed by atoms with van der Waals surface area (Å²) < 4.78 is 0. The number of carboxylic acid groups (broad SMARTS) is 3. The molecule has 0 saturated carbocycles. The third-order valence-electron chi connectivity index (χ3n) is 6.48. The zero-order chi connectivity index (χ0) is 27.4. The van der Waals surface area contributed by atoms with Crippen molar-refractivity contribution in [1.82, 2.24) is 19.6 Å². The zero-order valence-electron chi connectivity index (χ0n) is 21.2. The summed E-state index contributed by atoms with van der Waals surface area (Å²) in [6, 6.07) is 6.20. The van der Waals surface area contributed by atoms with Gasteiger partial charge >= 0.3 is 17.9 Å². The molecule has 0 bridgehead atoms. The molecule has 1 unspecified atom stereocenters. The summed E-state index contributed by atoms with van der Waals surface area (Å²) in [4.78, 5) is 52.1. The lowest BCUT2D eigenvalue weighted by atomic mass is 10.0. The summed E-state index contributed by atoms with van der Waals surface area (Å²) in [6.07, 6.45) is 2.02. The van der Waals surface area contributed by atoms with Crippen molar-refractivity contribution in [3.05, 3.63) is 39.9 Å². The van der Waals surface area contributed by atoms with Crippen molar-refractivity contribution in [2.75, 3.05) is 72.5 Å². The van der Waals surface area contributed by atoms with Gasteiger partial charge in [-0.15, -0.1) is 0 Å². The van der Waals surface area contributed by atoms with Crippen LogP contribution >= 0.6 is 0 Å². The van der Waals surface area contributed by atoms with E-state index in [1.807, 2.05) is 11.9 Å². The minimum absolute atomic E-state index is 0.0198. The van der Waals surface area contributed by atoms with E-state index in [0.717, 1.165) is 18.7 Å². The predicted molar refractivity (Wildman–Crippen MR) is 135 cm³/mol. The van der Waals surface area contributed by atoms with E-state index in [4.69, 9.17) is 0 Å². The topological polar surface area (TPSA) is 168 Å². The summed E-state index contributed by atoms with van der Waals surface area (Å²) in [5, 5.41) is 38.8. The average Bonchev–Trinajstić information content (AvgIpc) is 2.89. The number of nitro groups is 1. The van der Waals surface area contributed by atoms with E-state index in [0.29, 0.717) is 45.4 Å². The SMILES string of the molecule is CN1CCN(CC(=O)O)CCN(C(CCCc2ccc([N+](=O)[O-])cc2)CN(CC(=O)O)CC(=O)O)CC1. The Morgan fingerprint density at radius 3 is 2.08 bits per heavy atom. The van der Waals surface area contributed by atoms with Crippen molar-refractivity contribution in [2.45, 2.75) is 25.3 Å². The van der Waals surface area contributed by atoms with E-state index in [1.54, 1.807) is 12.1 Å². The highest BCUT2D eigenvalue weighted by Crippen LogP contribution is 2.17. The highest BCUT2D eigenvalue weighted by molar-refractivity contribution is 5.72. The molecular formula is C24H37N5O8. The number of hydrogen-bond acceptors (Lipinski definition) is 9. The van der Waals surface area contributed by atoms with Gasteiger partial charge in [-0.3, -0.25) is 39.2 Å². The first-order valence-corrected chi connectivity index (χ1v) is 12.3. The molecule has 0 amide bonds. The van der Waals surface area contributed by atoms with Crippen LogP contribution in [0.2, 0.25) is 0 Å². The number of nitro benzene ring substituents is 1. The summed E-state index contributed by atoms with van der Waals surface area (Å²) in [6.45, 7) is 3.20. The molecule has 1 aliphatic heterocycles. The van der Waals surface area contributed by atoms with Crippen LogP contribution in [-0.4, -0.2) is 136 Å². The maximum absolute atomic E-state index is 11.4. The molecular weight excluding hydrogens is 486 g/mol. The fraction of sp³-hybridized carbons (Fsp3) is 0.625. The van der Waals surface area contributed by atoms with Crippen molar-refractivity contribution >= 4 is 23.6 Å². The molecule has 1 atom stereocenters. The second-order valence-corrected chi connectivity index (χ2v) is 9.44. The van der Waals surface area contributed by atoms with Crippen molar-refractivity contribution in [2.24, 2.45) is 0 Å². The number of aliphatic carboxylic acids is 3. The van der Waals surface area contributed by atoms with Crippen LogP contribution < -0.4 is 0 Å². The predicted octanol–water partition coefficient (Wildman–Crippen LogP) is 0.391. The van der Waals surface area contributed by atoms with Crippen molar-refractivity contribution in [1.29, 1.82) is 0 Å². The maximum atomic E-state index is 11.4. The van der Waals surface area contributed by atoms with Crippen LogP contribution in [0.15, 0.2) is 24.3 Å². The molecule has 1 fully saturated rings. The standard InChI is InChI=1S/C24H37N5O8/c1-25-9-11-26(16-22(30)31)12-14-28(13-10-25)21(15-27(17-23(32)33)18-24(34)35)4-2-3-19-5-7-20(8-6-19)29(36)37/h5-8,21H,2-4,9-18H2,1H3,(H,30,31)(H,32,33)(H,34,35). The van der Waals surface area contributed by atoms with Crippen LogP contribution in [0.25, 0.3) is 0 Å². The largest absolute Gasteiger partial charge is 0.480 e. The molecule has 1 aromatic carbocycles. The molecule has 1 saturated heterocycles. The Bertz CT molecular complexity index is 897. The van der Waals surface area contributed by atoms with Gasteiger partial charge in [0.25, 0.3) is 5.69 Å². The molecule has 0 spiro atoms. The lowest BCUT2D eigenvalue weighted by Gasteiger charge is -2.36. The smallest absolute Gasteiger partial charge is 0.317 e. The number of rotatable bonds is 14. The molecule has 1 aromatic rings. The minimum Gasteiger partial charge on any atom is -0.480 e. The van der Waals surface area contributed by atoms with Gasteiger partial charge in [-0.1, -0.05) is 12.1 Å². The zero-order valence-corrected chi connectivity index (χ0v) is 21.2. The highest BCUT2D eigenvalue weighted by atomic mass is 16.6. The van der Waals surface area contributed by atoms with Gasteiger partial charge < -0.3 is 20.2 Å². The molecule has 3 N–H and O–H groups in total. The number of non-ortho nitro benzene ring substituents is 1. The molecule has 1 heterocycles. The van der Waals surface area contributed by atoms with Gasteiger partial charge in [-0.2, -0.15) is 0 Å². The van der Waals surface area contributed by atoms with Crippen LogP contribution in [0.5, 0.6) is 0 Å². The molecule has 13 heteroatoms. The number of carbonyl (C=O) groups is 3. The fourth-order valence-corrected chi connectivity index (χ4v) is 4.51. The van der Waals surface area contributed by atoms with Crippen LogP contribution in [0.4, 0.5) is 5.69 Å². The first kappa shape index (κ1) is 30.1. The molecule has 13 nitrogen and oxygen atoms in total. The van der Waals surface area contributed by atoms with Gasteiger partial charge in [0.05, 0.1) is 24.6 Å². The number of nitrogens with zero attached hydrogens (tertiary/aromatic N) is 5. The van der Waals surface area contributed by atoms with E-state index < -0.39 is 35.9 Å². The summed E-state index contributed by atoms with van der Waals surface area (Å²) in [5.74, 6) is -3.12. The molecule has 206 valence electrons. The Labute approximate surface area is 216 Å². The number of carboxylic acids is 3. The first-order chi connectivity index (χ1) is 17.5. The number of hydrogen-bond donors (Lipinski definition) is 3. The fourth-order valence-electron chi connectivity index (χ4n) is 4.51. The number of benzene rings is 1. The normalized spacial score (nSPS) is 17.0. The first-order valence-electron chi connectivity index (χ1n) is 12.3. The van der Waals surface area contributed by atoms with E-state index >= 15 is 0 Å². The maximum Gasteiger partial charge on any atom is 0.317 e. The Morgan fingerprint density at radius 2 is 1.51 bits per heavy atom. The van der Waals surface area contributed by atoms with Crippen molar-refractivity contribution in [3.8, 4) is 0 Å². The molecule has 37 heavy (non-hydrogen) atoms. The van der Waals surface area contributed by atoms with Gasteiger partial charge in [-0.25, -0.2) is 0 Å². The quantitative estimate of drug-likeness (QED) is 0.227. The lowest BCUT2D eigenvalue weighted by Crippen LogP contribution is -2.50. The van der Waals surface area contributed by atoms with E-state index in [9.17, 15) is 39.8 Å². The van der Waals surface area contributed by atoms with Gasteiger partial charge in [0.2, 0.25) is 0 Å². The molecule has 0 aliphatic carbocycles. The molecule has 2 rings (SSSR count). The third-order valence-corrected chi connectivity index (χ3v) is 6.48. The van der Waals surface area contributed by atoms with Crippen LogP contribution in [0.1, 0.15) is 18.4 Å². The van der Waals surface area contributed by atoms with Gasteiger partial charge in [-0.05, 0) is 31.9 Å². The van der Waals surface area contributed by atoms with Gasteiger partial charge in [0.15, 0.2) is 0 Å². The second-order valence-electron chi connectivity index (χ2n) is 9.44. The molecule has 0 radical (unpaired) electrons. The van der Waals surface area contributed by atoms with E-state index in [1.165, 1.54) is 17.0 Å². The highest BCUT2D eigenvalue weighted by Gasteiger charge is 2.26. The monoisotopic (exact) mass is 523 g/mol. The average molecular weight is 524 g/mol. The summed E-state index contributed by atoms with van der Waals surface area (Å²) in [7, 11) is 1.97. The van der Waals surface area contributed by atoms with Crippen LogP contribution in [0.3, 0.4) is 0 Å². The number of likely N-dealkylation sites (N-methyl/N-ethyl adjacent to an activating group) is 1. The molecule has 0 aromatic heterocycles. The van der Waals surface area contributed by atoms with Gasteiger partial charge in [0.1, 0.15) is 0 Å². The summed E-state index contributed by atoms with van der Waals surface area (Å²) in [5.41, 5.74) is 0.959. The summed E-state index contributed by atoms with van der Waals surface area (Å²) >= 11 is 0. The lowest BCUT2D eigenvalue weighted by molar-refractivity contribution is -0.384. The van der Waals surface area contributed by atoms with Crippen LogP contribution in [0, 0.1) is 10.1 Å². The Hall–Kier alpha value is -3.13. The van der Waals surface area contributed by atoms with Crippen molar-refractivity contribution in [3.63, 3.8) is 0 Å². The Morgan fingerprint density at radius 1 is 0.946 bits per heavy atom. The Kier molecular flexibility index (Phi) is 12.4. The second kappa shape index (κ2) is 15.2. The number of aryl methyl sites for hydroxylation is 1. The minimum atomic E-state index is -1.11. The van der Waals surface area contributed by atoms with E-state index in [-0.39, 0.29) is 24.8 Å². The van der Waals surface area contributed by atoms with Crippen LogP contribution in [-0.2, 0) is 20.8 Å². The van der Waals surface area contributed by atoms with E-state index in [2.05, 4.69) is 9.80 Å². The molecule has 1 aliphatic rings. The van der Waals surface area contributed by atoms with Gasteiger partial charge in [0, 0.05) is 64.0 Å². The van der Waals surface area contributed by atoms with Crippen molar-refractivity contribution < 1.29 is 34.6 Å². The third kappa shape index (κ3) is 11.6. The Balaban J connectivity index is 2.17.